The van der Waals surface area contributed by atoms with E-state index >= 15 is 0 Å². The summed E-state index contributed by atoms with van der Waals surface area (Å²) in [4.78, 5) is 17.0. The van der Waals surface area contributed by atoms with Crippen LogP contribution in [0.4, 0.5) is 5.69 Å². The van der Waals surface area contributed by atoms with Gasteiger partial charge in [-0.15, -0.1) is 24.8 Å². The minimum atomic E-state index is 0. The number of benzene rings is 1. The number of piperidine rings is 1. The normalized spacial score (nSPS) is 20.9. The monoisotopic (exact) mass is 417 g/mol. The molecule has 2 heterocycles. The van der Waals surface area contributed by atoms with Gasteiger partial charge < -0.3 is 19.9 Å². The van der Waals surface area contributed by atoms with E-state index in [0.29, 0.717) is 24.2 Å². The van der Waals surface area contributed by atoms with Crippen molar-refractivity contribution in [1.29, 1.82) is 0 Å². The Bertz CT molecular complexity index is 574. The number of amides is 1. The first-order valence-electron chi connectivity index (χ1n) is 9.55. The van der Waals surface area contributed by atoms with E-state index in [9.17, 15) is 4.79 Å². The lowest BCUT2D eigenvalue weighted by atomic mass is 9.85. The topological polar surface area (TPSA) is 44.8 Å². The van der Waals surface area contributed by atoms with E-state index in [0.717, 1.165) is 50.7 Å². The smallest absolute Gasteiger partial charge is 0.222 e. The molecule has 5 nitrogen and oxygen atoms in total. The molecular formula is C20H33Cl2N3O2. The first kappa shape index (κ1) is 23.9. The fraction of sp³-hybridized carbons (Fsp3) is 0.650. The molecule has 2 aliphatic rings. The molecule has 1 amide bonds. The third kappa shape index (κ3) is 6.16. The number of halogens is 2. The molecule has 0 saturated carbocycles. The fourth-order valence-corrected chi connectivity index (χ4v) is 4.02. The van der Waals surface area contributed by atoms with Gasteiger partial charge in [-0.1, -0.05) is 19.1 Å². The number of ether oxygens (including phenoxy) is 1. The van der Waals surface area contributed by atoms with Gasteiger partial charge in [0.15, 0.2) is 0 Å². The number of piperazine rings is 1. The maximum absolute atomic E-state index is 12.7. The molecule has 0 aliphatic carbocycles. The molecule has 7 heteroatoms. The Labute approximate surface area is 175 Å². The maximum atomic E-state index is 12.7. The summed E-state index contributed by atoms with van der Waals surface area (Å²) < 4.78 is 5.46. The molecular weight excluding hydrogens is 385 g/mol. The van der Waals surface area contributed by atoms with Crippen molar-refractivity contribution in [1.82, 2.24) is 10.2 Å². The Morgan fingerprint density at radius 3 is 2.56 bits per heavy atom. The summed E-state index contributed by atoms with van der Waals surface area (Å²) in [5, 5.41) is 3.46. The molecule has 1 aromatic rings. The van der Waals surface area contributed by atoms with Crippen LogP contribution in [0.3, 0.4) is 0 Å². The number of para-hydroxylation sites is 2. The summed E-state index contributed by atoms with van der Waals surface area (Å²) >= 11 is 0. The first-order chi connectivity index (χ1) is 12.2. The van der Waals surface area contributed by atoms with E-state index in [1.807, 2.05) is 23.1 Å². The van der Waals surface area contributed by atoms with Crippen LogP contribution in [-0.4, -0.2) is 57.2 Å². The molecule has 0 spiro atoms. The maximum Gasteiger partial charge on any atom is 0.222 e. The van der Waals surface area contributed by atoms with Crippen molar-refractivity contribution in [3.8, 4) is 5.75 Å². The summed E-state index contributed by atoms with van der Waals surface area (Å²) in [5.41, 5.74) is 1.12. The zero-order valence-corrected chi connectivity index (χ0v) is 18.0. The van der Waals surface area contributed by atoms with E-state index in [2.05, 4.69) is 23.2 Å². The van der Waals surface area contributed by atoms with Gasteiger partial charge >= 0.3 is 0 Å². The van der Waals surface area contributed by atoms with Gasteiger partial charge in [-0.25, -0.2) is 0 Å². The van der Waals surface area contributed by atoms with Crippen LogP contribution < -0.4 is 15.0 Å². The molecule has 2 fully saturated rings. The summed E-state index contributed by atoms with van der Waals surface area (Å²) in [7, 11) is 1.71. The van der Waals surface area contributed by atoms with Gasteiger partial charge in [-0.2, -0.15) is 0 Å². The molecule has 2 aliphatic heterocycles. The Kier molecular flexibility index (Phi) is 10.3. The van der Waals surface area contributed by atoms with Crippen LogP contribution in [-0.2, 0) is 4.79 Å². The molecule has 0 bridgehead atoms. The van der Waals surface area contributed by atoms with Crippen LogP contribution in [0, 0.1) is 11.8 Å². The number of anilines is 1. The minimum absolute atomic E-state index is 0. The number of methoxy groups -OCH3 is 1. The Morgan fingerprint density at radius 2 is 1.93 bits per heavy atom. The number of nitrogens with zero attached hydrogens (tertiary/aromatic N) is 2. The standard InChI is InChI=1S/C20H31N3O2.2ClH/c1-16(17-6-5-9-21-15-17)14-20(24)23-12-10-22(11-13-23)18-7-3-4-8-19(18)25-2;;/h3-4,7-8,16-17,21H,5-6,9-15H2,1-2H3;2*1H. The van der Waals surface area contributed by atoms with Crippen LogP contribution in [0.15, 0.2) is 24.3 Å². The van der Waals surface area contributed by atoms with Crippen molar-refractivity contribution >= 4 is 36.4 Å². The van der Waals surface area contributed by atoms with Gasteiger partial charge in [0.25, 0.3) is 0 Å². The van der Waals surface area contributed by atoms with Gasteiger partial charge in [0.2, 0.25) is 5.91 Å². The largest absolute Gasteiger partial charge is 0.495 e. The van der Waals surface area contributed by atoms with Crippen molar-refractivity contribution in [2.75, 3.05) is 51.3 Å². The average Bonchev–Trinajstić information content (AvgIpc) is 2.68. The van der Waals surface area contributed by atoms with Crippen LogP contribution in [0.5, 0.6) is 5.75 Å². The number of rotatable bonds is 5. The number of carbonyl (C=O) groups excluding carboxylic acids is 1. The molecule has 2 unspecified atom stereocenters. The van der Waals surface area contributed by atoms with E-state index in [1.54, 1.807) is 7.11 Å². The zero-order chi connectivity index (χ0) is 17.6. The van der Waals surface area contributed by atoms with E-state index in [-0.39, 0.29) is 24.8 Å². The molecule has 0 aromatic heterocycles. The quantitative estimate of drug-likeness (QED) is 0.798. The van der Waals surface area contributed by atoms with Gasteiger partial charge in [0, 0.05) is 32.6 Å². The van der Waals surface area contributed by atoms with Gasteiger partial charge in [0.05, 0.1) is 12.8 Å². The molecule has 154 valence electrons. The predicted octanol–water partition coefficient (Wildman–Crippen LogP) is 3.21. The highest BCUT2D eigenvalue weighted by molar-refractivity contribution is 5.85. The highest BCUT2D eigenvalue weighted by Crippen LogP contribution is 2.29. The van der Waals surface area contributed by atoms with Crippen LogP contribution in [0.2, 0.25) is 0 Å². The molecule has 27 heavy (non-hydrogen) atoms. The lowest BCUT2D eigenvalue weighted by molar-refractivity contribution is -0.132. The van der Waals surface area contributed by atoms with Gasteiger partial charge in [-0.05, 0) is 49.9 Å². The van der Waals surface area contributed by atoms with Crippen LogP contribution in [0.1, 0.15) is 26.2 Å². The summed E-state index contributed by atoms with van der Waals surface area (Å²) in [6.07, 6.45) is 3.17. The van der Waals surface area contributed by atoms with Crippen molar-refractivity contribution in [3.63, 3.8) is 0 Å². The summed E-state index contributed by atoms with van der Waals surface area (Å²) in [6, 6.07) is 8.11. The number of hydrogen-bond donors (Lipinski definition) is 1. The molecule has 1 N–H and O–H groups in total. The van der Waals surface area contributed by atoms with Gasteiger partial charge in [-0.3, -0.25) is 4.79 Å². The SMILES string of the molecule is COc1ccccc1N1CCN(C(=O)CC(C)C2CCCNC2)CC1.Cl.Cl. The Hall–Kier alpha value is -1.17. The molecule has 1 aromatic carbocycles. The van der Waals surface area contributed by atoms with Crippen molar-refractivity contribution in [3.05, 3.63) is 24.3 Å². The number of nitrogens with one attached hydrogen (secondary N) is 1. The van der Waals surface area contributed by atoms with Crippen molar-refractivity contribution < 1.29 is 9.53 Å². The van der Waals surface area contributed by atoms with Crippen LogP contribution in [0.25, 0.3) is 0 Å². The molecule has 0 radical (unpaired) electrons. The minimum Gasteiger partial charge on any atom is -0.495 e. The van der Waals surface area contributed by atoms with Gasteiger partial charge in [0.1, 0.15) is 5.75 Å². The van der Waals surface area contributed by atoms with Crippen molar-refractivity contribution in [2.24, 2.45) is 11.8 Å². The second kappa shape index (κ2) is 11.6. The summed E-state index contributed by atoms with van der Waals surface area (Å²) in [6.45, 7) is 7.76. The highest BCUT2D eigenvalue weighted by Gasteiger charge is 2.27. The lowest BCUT2D eigenvalue weighted by Crippen LogP contribution is -2.49. The third-order valence-corrected chi connectivity index (χ3v) is 5.69. The fourth-order valence-electron chi connectivity index (χ4n) is 4.02. The predicted molar refractivity (Wildman–Crippen MR) is 116 cm³/mol. The zero-order valence-electron chi connectivity index (χ0n) is 16.4. The van der Waals surface area contributed by atoms with Crippen LogP contribution >= 0.6 is 24.8 Å². The Balaban J connectivity index is 0.00000182. The molecule has 2 atom stereocenters. The van der Waals surface area contributed by atoms with Crippen molar-refractivity contribution in [2.45, 2.75) is 26.2 Å². The van der Waals surface area contributed by atoms with E-state index in [1.165, 1.54) is 12.8 Å². The Morgan fingerprint density at radius 1 is 1.22 bits per heavy atom. The third-order valence-electron chi connectivity index (χ3n) is 5.69. The second-order valence-electron chi connectivity index (χ2n) is 7.33. The number of hydrogen-bond acceptors (Lipinski definition) is 4. The number of carbonyl (C=O) groups is 1. The van der Waals surface area contributed by atoms with E-state index in [4.69, 9.17) is 4.74 Å². The first-order valence-corrected chi connectivity index (χ1v) is 9.55. The molecule has 3 rings (SSSR count). The highest BCUT2D eigenvalue weighted by atomic mass is 35.5. The average molecular weight is 418 g/mol. The second-order valence-corrected chi connectivity index (χ2v) is 7.33. The summed E-state index contributed by atoms with van der Waals surface area (Å²) in [5.74, 6) is 2.33. The van der Waals surface area contributed by atoms with E-state index < -0.39 is 0 Å². The lowest BCUT2D eigenvalue weighted by Gasteiger charge is -2.37. The molecule has 2 saturated heterocycles.